The minimum atomic E-state index is -0.430. The van der Waals surface area contributed by atoms with Crippen LogP contribution in [0.15, 0.2) is 18.2 Å². The number of anilines is 1. The Bertz CT molecular complexity index is 487. The molecule has 0 aliphatic heterocycles. The van der Waals surface area contributed by atoms with Gasteiger partial charge in [-0.25, -0.2) is 0 Å². The van der Waals surface area contributed by atoms with Crippen molar-refractivity contribution < 1.29 is 9.72 Å². The van der Waals surface area contributed by atoms with Crippen LogP contribution >= 0.6 is 0 Å². The molecule has 0 atom stereocenters. The van der Waals surface area contributed by atoms with Crippen molar-refractivity contribution in [2.75, 3.05) is 18.4 Å². The van der Waals surface area contributed by atoms with Crippen LogP contribution in [0, 0.1) is 23.0 Å². The molecule has 6 heteroatoms. The number of nitrogens with one attached hydrogen (secondary N) is 2. The van der Waals surface area contributed by atoms with Crippen LogP contribution in [-0.2, 0) is 4.79 Å². The van der Waals surface area contributed by atoms with E-state index in [0.717, 1.165) is 5.56 Å². The number of nitrogens with zero attached hydrogens (tertiary/aromatic N) is 1. The second-order valence-electron chi connectivity index (χ2n) is 5.15. The van der Waals surface area contributed by atoms with E-state index in [1.807, 2.05) is 20.8 Å². The summed E-state index contributed by atoms with van der Waals surface area (Å²) in [4.78, 5) is 22.0. The zero-order chi connectivity index (χ0) is 15.1. The number of benzene rings is 1. The molecule has 0 radical (unpaired) electrons. The summed E-state index contributed by atoms with van der Waals surface area (Å²) in [6.07, 6.45) is 0.290. The van der Waals surface area contributed by atoms with Crippen LogP contribution in [0.5, 0.6) is 0 Å². The van der Waals surface area contributed by atoms with Gasteiger partial charge in [-0.3, -0.25) is 14.9 Å². The number of carbonyl (C=O) groups excluding carboxylic acids is 1. The van der Waals surface area contributed by atoms with Crippen molar-refractivity contribution in [3.8, 4) is 0 Å². The van der Waals surface area contributed by atoms with E-state index in [4.69, 9.17) is 0 Å². The maximum Gasteiger partial charge on any atom is 0.292 e. The maximum absolute atomic E-state index is 11.5. The molecule has 0 spiro atoms. The van der Waals surface area contributed by atoms with Gasteiger partial charge >= 0.3 is 0 Å². The molecule has 0 bridgehead atoms. The molecule has 0 aromatic heterocycles. The first-order valence-electron chi connectivity index (χ1n) is 6.65. The molecule has 0 fully saturated rings. The van der Waals surface area contributed by atoms with Crippen molar-refractivity contribution in [3.63, 3.8) is 0 Å². The number of carbonyl (C=O) groups is 1. The van der Waals surface area contributed by atoms with Gasteiger partial charge in [-0.2, -0.15) is 0 Å². The van der Waals surface area contributed by atoms with Gasteiger partial charge in [0.1, 0.15) is 5.69 Å². The molecule has 1 amide bonds. The van der Waals surface area contributed by atoms with E-state index < -0.39 is 4.92 Å². The third-order valence-corrected chi connectivity index (χ3v) is 2.72. The van der Waals surface area contributed by atoms with Gasteiger partial charge in [0, 0.05) is 25.6 Å². The molecular weight excluding hydrogens is 258 g/mol. The highest BCUT2D eigenvalue weighted by Crippen LogP contribution is 2.24. The van der Waals surface area contributed by atoms with E-state index in [9.17, 15) is 14.9 Å². The fourth-order valence-corrected chi connectivity index (χ4v) is 1.67. The lowest BCUT2D eigenvalue weighted by atomic mass is 10.2. The molecule has 110 valence electrons. The molecule has 0 heterocycles. The van der Waals surface area contributed by atoms with Crippen LogP contribution in [0.2, 0.25) is 0 Å². The van der Waals surface area contributed by atoms with Gasteiger partial charge in [0.25, 0.3) is 5.69 Å². The SMILES string of the molecule is Cc1ccc([N+](=O)[O-])c(NCCC(=O)NCC(C)C)c1. The van der Waals surface area contributed by atoms with Crippen molar-refractivity contribution in [3.05, 3.63) is 33.9 Å². The van der Waals surface area contributed by atoms with Crippen LogP contribution in [0.1, 0.15) is 25.8 Å². The highest BCUT2D eigenvalue weighted by atomic mass is 16.6. The van der Waals surface area contributed by atoms with Gasteiger partial charge in [0.05, 0.1) is 4.92 Å². The number of hydrogen-bond acceptors (Lipinski definition) is 4. The summed E-state index contributed by atoms with van der Waals surface area (Å²) in [5.41, 5.74) is 1.41. The topological polar surface area (TPSA) is 84.3 Å². The monoisotopic (exact) mass is 279 g/mol. The first kappa shape index (κ1) is 15.9. The Morgan fingerprint density at radius 2 is 2.10 bits per heavy atom. The Morgan fingerprint density at radius 1 is 1.40 bits per heavy atom. The van der Waals surface area contributed by atoms with Crippen molar-refractivity contribution in [2.45, 2.75) is 27.2 Å². The largest absolute Gasteiger partial charge is 0.379 e. The molecule has 0 saturated heterocycles. The third-order valence-electron chi connectivity index (χ3n) is 2.72. The van der Waals surface area contributed by atoms with Crippen molar-refractivity contribution >= 4 is 17.3 Å². The molecule has 1 aromatic rings. The summed E-state index contributed by atoms with van der Waals surface area (Å²) in [7, 11) is 0. The Morgan fingerprint density at radius 3 is 2.70 bits per heavy atom. The second-order valence-corrected chi connectivity index (χ2v) is 5.15. The van der Waals surface area contributed by atoms with Gasteiger partial charge in [-0.15, -0.1) is 0 Å². The van der Waals surface area contributed by atoms with Gasteiger partial charge in [-0.05, 0) is 24.5 Å². The van der Waals surface area contributed by atoms with Gasteiger partial charge in [-0.1, -0.05) is 19.9 Å². The first-order chi connectivity index (χ1) is 9.40. The number of amides is 1. The van der Waals surface area contributed by atoms with E-state index >= 15 is 0 Å². The minimum Gasteiger partial charge on any atom is -0.379 e. The quantitative estimate of drug-likeness (QED) is 0.593. The molecule has 2 N–H and O–H groups in total. The van der Waals surface area contributed by atoms with Gasteiger partial charge < -0.3 is 10.6 Å². The van der Waals surface area contributed by atoms with Crippen molar-refractivity contribution in [1.29, 1.82) is 0 Å². The highest BCUT2D eigenvalue weighted by Gasteiger charge is 2.13. The van der Waals surface area contributed by atoms with Crippen LogP contribution in [-0.4, -0.2) is 23.9 Å². The fourth-order valence-electron chi connectivity index (χ4n) is 1.67. The summed E-state index contributed by atoms with van der Waals surface area (Å²) in [6.45, 7) is 6.92. The van der Waals surface area contributed by atoms with E-state index in [1.165, 1.54) is 6.07 Å². The third kappa shape index (κ3) is 5.26. The van der Waals surface area contributed by atoms with Crippen molar-refractivity contribution in [2.24, 2.45) is 5.92 Å². The van der Waals surface area contributed by atoms with E-state index in [0.29, 0.717) is 24.7 Å². The normalized spacial score (nSPS) is 10.4. The van der Waals surface area contributed by atoms with Crippen molar-refractivity contribution in [1.82, 2.24) is 5.32 Å². The average molecular weight is 279 g/mol. The van der Waals surface area contributed by atoms with Crippen LogP contribution < -0.4 is 10.6 Å². The standard InChI is InChI=1S/C14H21N3O3/c1-10(2)9-16-14(18)6-7-15-12-8-11(3)4-5-13(12)17(19)20/h4-5,8,10,15H,6-7,9H2,1-3H3,(H,16,18). The molecule has 6 nitrogen and oxygen atoms in total. The van der Waals surface area contributed by atoms with Gasteiger partial charge in [0.2, 0.25) is 5.91 Å². The summed E-state index contributed by atoms with van der Waals surface area (Å²) in [6, 6.07) is 4.87. The van der Waals surface area contributed by atoms with E-state index in [-0.39, 0.29) is 18.0 Å². The lowest BCUT2D eigenvalue weighted by molar-refractivity contribution is -0.384. The maximum atomic E-state index is 11.5. The molecule has 0 unspecified atom stereocenters. The predicted molar refractivity (Wildman–Crippen MR) is 78.8 cm³/mol. The molecule has 1 aromatic carbocycles. The summed E-state index contributed by atoms with van der Waals surface area (Å²) in [5, 5.41) is 16.6. The lowest BCUT2D eigenvalue weighted by Gasteiger charge is -2.09. The number of hydrogen-bond donors (Lipinski definition) is 2. The second kappa shape index (κ2) is 7.47. The van der Waals surface area contributed by atoms with E-state index in [1.54, 1.807) is 12.1 Å². The van der Waals surface area contributed by atoms with Crippen LogP contribution in [0.4, 0.5) is 11.4 Å². The van der Waals surface area contributed by atoms with Crippen LogP contribution in [0.3, 0.4) is 0 Å². The Kier molecular flexibility index (Phi) is 5.96. The zero-order valence-corrected chi connectivity index (χ0v) is 12.1. The predicted octanol–water partition coefficient (Wildman–Crippen LogP) is 2.48. The molecule has 1 rings (SSSR count). The molecular formula is C14H21N3O3. The zero-order valence-electron chi connectivity index (χ0n) is 12.1. The molecule has 0 aliphatic rings. The Hall–Kier alpha value is -2.11. The average Bonchev–Trinajstić information content (AvgIpc) is 2.36. The summed E-state index contributed by atoms with van der Waals surface area (Å²) >= 11 is 0. The molecule has 0 aliphatic carbocycles. The minimum absolute atomic E-state index is 0.0261. The Labute approximate surface area is 118 Å². The number of aryl methyl sites for hydroxylation is 1. The first-order valence-corrected chi connectivity index (χ1v) is 6.65. The lowest BCUT2D eigenvalue weighted by Crippen LogP contribution is -2.28. The summed E-state index contributed by atoms with van der Waals surface area (Å²) < 4.78 is 0. The van der Waals surface area contributed by atoms with E-state index in [2.05, 4.69) is 10.6 Å². The summed E-state index contributed by atoms with van der Waals surface area (Å²) in [5.74, 6) is 0.353. The highest BCUT2D eigenvalue weighted by molar-refractivity contribution is 5.76. The molecule has 0 saturated carbocycles. The Balaban J connectivity index is 2.51. The molecule has 20 heavy (non-hydrogen) atoms. The van der Waals surface area contributed by atoms with Crippen LogP contribution in [0.25, 0.3) is 0 Å². The smallest absolute Gasteiger partial charge is 0.292 e. The number of nitro benzene ring substituents is 1. The fraction of sp³-hybridized carbons (Fsp3) is 0.500. The van der Waals surface area contributed by atoms with Gasteiger partial charge in [0.15, 0.2) is 0 Å². The number of nitro groups is 1. The number of rotatable bonds is 7.